The molecule has 7 rings (SSSR count). The van der Waals surface area contributed by atoms with Crippen molar-refractivity contribution in [2.75, 3.05) is 6.61 Å². The maximum Gasteiger partial charge on any atom is 0.334 e. The van der Waals surface area contributed by atoms with E-state index < -0.39 is 0 Å². The number of epoxide rings is 3. The molecule has 138 valence electrons. The number of hydrogen-bond donors (Lipinski definition) is 0. The summed E-state index contributed by atoms with van der Waals surface area (Å²) in [7, 11) is 0. The molecule has 26 heavy (non-hydrogen) atoms. The van der Waals surface area contributed by atoms with E-state index in [9.17, 15) is 4.79 Å². The number of carbonyl (C=O) groups is 1. The van der Waals surface area contributed by atoms with E-state index in [0.29, 0.717) is 18.4 Å². The van der Waals surface area contributed by atoms with E-state index >= 15 is 0 Å². The number of hydrogen-bond acceptors (Lipinski definition) is 5. The molecule has 5 heteroatoms. The third kappa shape index (κ3) is 1.11. The fourth-order valence-electron chi connectivity index (χ4n) is 7.68. The van der Waals surface area contributed by atoms with Gasteiger partial charge in [-0.3, -0.25) is 0 Å². The van der Waals surface area contributed by atoms with Crippen LogP contribution in [0.5, 0.6) is 0 Å². The molecule has 0 amide bonds. The summed E-state index contributed by atoms with van der Waals surface area (Å²) in [6, 6.07) is 0. The summed E-state index contributed by atoms with van der Waals surface area (Å²) >= 11 is 0. The van der Waals surface area contributed by atoms with Gasteiger partial charge in [0.15, 0.2) is 5.60 Å². The van der Waals surface area contributed by atoms with Crippen LogP contribution in [0.3, 0.4) is 0 Å². The largest absolute Gasteiger partial charge is 0.458 e. The third-order valence-corrected chi connectivity index (χ3v) is 9.05. The lowest BCUT2D eigenvalue weighted by Gasteiger charge is -2.52. The number of fused-ring (bicyclic) bond motifs is 4. The Hall–Kier alpha value is -1.17. The average molecular weight is 356 g/mol. The molecule has 5 fully saturated rings. The van der Waals surface area contributed by atoms with Crippen LogP contribution in [0, 0.1) is 17.3 Å². The summed E-state index contributed by atoms with van der Waals surface area (Å²) in [4.78, 5) is 12.1. The minimum absolute atomic E-state index is 0.0600. The van der Waals surface area contributed by atoms with E-state index in [1.165, 1.54) is 5.57 Å². The van der Waals surface area contributed by atoms with Crippen LogP contribution in [0.1, 0.15) is 40.0 Å². The first-order valence-corrected chi connectivity index (χ1v) is 9.97. The Kier molecular flexibility index (Phi) is 2.12. The van der Waals surface area contributed by atoms with Crippen LogP contribution in [-0.2, 0) is 23.7 Å². The monoisotopic (exact) mass is 356 g/mol. The first kappa shape index (κ1) is 14.8. The highest BCUT2D eigenvalue weighted by Crippen LogP contribution is 2.84. The molecule has 3 saturated heterocycles. The number of ether oxygens (including phenoxy) is 4. The molecule has 0 bridgehead atoms. The lowest BCUT2D eigenvalue weighted by Crippen LogP contribution is -2.64. The molecule has 4 heterocycles. The molecule has 8 atom stereocenters. The lowest BCUT2D eigenvalue weighted by atomic mass is 9.46. The molecule has 0 aromatic heterocycles. The molecular formula is C21H24O5. The van der Waals surface area contributed by atoms with Crippen molar-refractivity contribution in [3.8, 4) is 0 Å². The Bertz CT molecular complexity index is 858. The molecule has 7 aliphatic rings. The van der Waals surface area contributed by atoms with Crippen molar-refractivity contribution >= 4 is 5.97 Å². The van der Waals surface area contributed by atoms with Gasteiger partial charge in [-0.2, -0.15) is 0 Å². The van der Waals surface area contributed by atoms with Crippen molar-refractivity contribution in [3.63, 3.8) is 0 Å². The van der Waals surface area contributed by atoms with E-state index in [4.69, 9.17) is 18.9 Å². The summed E-state index contributed by atoms with van der Waals surface area (Å²) in [6.07, 6.45) is 2.98. The molecule has 1 unspecified atom stereocenters. The van der Waals surface area contributed by atoms with Gasteiger partial charge in [0, 0.05) is 11.0 Å². The van der Waals surface area contributed by atoms with Crippen LogP contribution in [0.15, 0.2) is 23.3 Å². The van der Waals surface area contributed by atoms with E-state index in [0.717, 1.165) is 30.4 Å². The summed E-state index contributed by atoms with van der Waals surface area (Å²) in [5.41, 5.74) is 2.18. The number of carbonyl (C=O) groups excluding carboxylic acids is 1. The van der Waals surface area contributed by atoms with Crippen molar-refractivity contribution in [3.05, 3.63) is 23.3 Å². The van der Waals surface area contributed by atoms with Gasteiger partial charge in [-0.05, 0) is 42.2 Å². The highest BCUT2D eigenvalue weighted by molar-refractivity contribution is 5.92. The summed E-state index contributed by atoms with van der Waals surface area (Å²) in [6.45, 7) is 11.7. The van der Waals surface area contributed by atoms with Crippen molar-refractivity contribution < 1.29 is 23.7 Å². The zero-order chi connectivity index (χ0) is 17.9. The first-order chi connectivity index (χ1) is 12.3. The first-order valence-electron chi connectivity index (χ1n) is 9.97. The third-order valence-electron chi connectivity index (χ3n) is 9.05. The number of rotatable bonds is 1. The van der Waals surface area contributed by atoms with Gasteiger partial charge < -0.3 is 18.9 Å². The summed E-state index contributed by atoms with van der Waals surface area (Å²) < 4.78 is 24.8. The minimum Gasteiger partial charge on any atom is -0.458 e. The van der Waals surface area contributed by atoms with Crippen LogP contribution in [-0.4, -0.2) is 47.7 Å². The molecular weight excluding hydrogens is 332 g/mol. The molecule has 2 spiro atoms. The Balaban J connectivity index is 1.40. The van der Waals surface area contributed by atoms with Crippen LogP contribution in [0.4, 0.5) is 0 Å². The molecule has 0 N–H and O–H groups in total. The van der Waals surface area contributed by atoms with Gasteiger partial charge in [0.1, 0.15) is 30.0 Å². The second-order valence-electron chi connectivity index (χ2n) is 9.87. The van der Waals surface area contributed by atoms with Crippen LogP contribution >= 0.6 is 0 Å². The maximum absolute atomic E-state index is 12.1. The molecule has 0 aromatic carbocycles. The average Bonchev–Trinajstić information content (AvgIpc) is 3.47. The van der Waals surface area contributed by atoms with Gasteiger partial charge >= 0.3 is 5.97 Å². The maximum atomic E-state index is 12.1. The van der Waals surface area contributed by atoms with Crippen LogP contribution in [0.25, 0.3) is 0 Å². The van der Waals surface area contributed by atoms with E-state index in [1.54, 1.807) is 0 Å². The standard InChI is InChI=1S/C21H24O5/c1-9(2)19-10(3)20-14(24-20)7-13-12-8-23-17(22)11(12)5-6-18(13,4)21(20)16(26-21)15(19)25-19/h9,13-16H,3,5-8H2,1-2,4H3/t13?,14-,15-,16-,18-,19+,20-,21+/m0/s1. The van der Waals surface area contributed by atoms with Gasteiger partial charge in [-0.25, -0.2) is 4.79 Å². The fraction of sp³-hybridized carbons (Fsp3) is 0.762. The Morgan fingerprint density at radius 1 is 1.19 bits per heavy atom. The quantitative estimate of drug-likeness (QED) is 0.410. The minimum atomic E-state index is -0.387. The van der Waals surface area contributed by atoms with E-state index in [1.807, 2.05) is 0 Å². The second kappa shape index (κ2) is 3.71. The Labute approximate surface area is 152 Å². The van der Waals surface area contributed by atoms with Gasteiger partial charge in [0.25, 0.3) is 0 Å². The van der Waals surface area contributed by atoms with Crippen molar-refractivity contribution in [2.24, 2.45) is 17.3 Å². The van der Waals surface area contributed by atoms with Gasteiger partial charge in [-0.15, -0.1) is 0 Å². The zero-order valence-electron chi connectivity index (χ0n) is 15.5. The number of esters is 1. The molecule has 2 saturated carbocycles. The molecule has 0 radical (unpaired) electrons. The predicted molar refractivity (Wildman–Crippen MR) is 90.2 cm³/mol. The Morgan fingerprint density at radius 3 is 2.77 bits per heavy atom. The molecule has 4 aliphatic heterocycles. The number of cyclic esters (lactones) is 1. The molecule has 5 nitrogen and oxygen atoms in total. The van der Waals surface area contributed by atoms with Crippen molar-refractivity contribution in [2.45, 2.75) is 75.1 Å². The van der Waals surface area contributed by atoms with Gasteiger partial charge in [-0.1, -0.05) is 27.4 Å². The smallest absolute Gasteiger partial charge is 0.334 e. The van der Waals surface area contributed by atoms with Crippen molar-refractivity contribution in [1.29, 1.82) is 0 Å². The highest BCUT2D eigenvalue weighted by atomic mass is 16.7. The van der Waals surface area contributed by atoms with Crippen LogP contribution in [0.2, 0.25) is 0 Å². The van der Waals surface area contributed by atoms with Crippen LogP contribution < -0.4 is 0 Å². The SMILES string of the molecule is C=C1[C@@]2(C(C)C)O[C@H]2[C@@H]2O[C@@]23[C@@]2(C)CCC4=C(COC4=O)C2C[C@@H]2O[C@@]123. The lowest BCUT2D eigenvalue weighted by molar-refractivity contribution is -0.136. The highest BCUT2D eigenvalue weighted by Gasteiger charge is 2.98. The predicted octanol–water partition coefficient (Wildman–Crippen LogP) is 2.30. The Morgan fingerprint density at radius 2 is 2.00 bits per heavy atom. The van der Waals surface area contributed by atoms with Gasteiger partial charge in [0.2, 0.25) is 0 Å². The zero-order valence-corrected chi connectivity index (χ0v) is 15.5. The topological polar surface area (TPSA) is 63.9 Å². The summed E-state index contributed by atoms with van der Waals surface area (Å²) in [5, 5.41) is 0. The molecule has 0 aromatic rings. The summed E-state index contributed by atoms with van der Waals surface area (Å²) in [5.74, 6) is 0.550. The van der Waals surface area contributed by atoms with Crippen molar-refractivity contribution in [1.82, 2.24) is 0 Å². The van der Waals surface area contributed by atoms with Gasteiger partial charge in [0.05, 0.1) is 6.10 Å². The van der Waals surface area contributed by atoms with E-state index in [-0.39, 0.29) is 46.5 Å². The fourth-order valence-corrected chi connectivity index (χ4v) is 7.68. The normalized spacial score (nSPS) is 60.3. The van der Waals surface area contributed by atoms with E-state index in [2.05, 4.69) is 27.4 Å². The second-order valence-corrected chi connectivity index (χ2v) is 9.87. The molecule has 3 aliphatic carbocycles.